The first-order chi connectivity index (χ1) is 9.97. The maximum absolute atomic E-state index is 9.93. The lowest BCUT2D eigenvalue weighted by Gasteiger charge is -2.08. The Hall–Kier alpha value is -2.80. The summed E-state index contributed by atoms with van der Waals surface area (Å²) in [6.07, 6.45) is 1.33. The van der Waals surface area contributed by atoms with Crippen LogP contribution >= 0.6 is 12.2 Å². The number of nitrogens with two attached hydrogens (primary N) is 1. The minimum absolute atomic E-state index is 0.00303. The molecule has 0 fully saturated rings. The maximum Gasteiger partial charge on any atom is 0.184 e. The van der Waals surface area contributed by atoms with E-state index in [0.29, 0.717) is 16.7 Å². The van der Waals surface area contributed by atoms with E-state index >= 15 is 0 Å². The van der Waals surface area contributed by atoms with E-state index in [1.807, 2.05) is 0 Å². The van der Waals surface area contributed by atoms with Crippen LogP contribution in [0.5, 0.6) is 17.2 Å². The van der Waals surface area contributed by atoms with Crippen molar-refractivity contribution in [2.75, 3.05) is 0 Å². The van der Waals surface area contributed by atoms with Gasteiger partial charge in [0, 0.05) is 17.2 Å². The Kier molecular flexibility index (Phi) is 4.24. The Labute approximate surface area is 126 Å². The molecule has 0 unspecified atom stereocenters. The largest absolute Gasteiger partial charge is 0.508 e. The fourth-order valence-electron chi connectivity index (χ4n) is 1.74. The van der Waals surface area contributed by atoms with Crippen molar-refractivity contribution in [2.24, 2.45) is 10.8 Å². The zero-order chi connectivity index (χ0) is 15.4. The summed E-state index contributed by atoms with van der Waals surface area (Å²) in [5.41, 5.74) is 9.16. The second-order valence-corrected chi connectivity index (χ2v) is 4.65. The molecule has 0 aliphatic heterocycles. The number of hydrogen-bond donors (Lipinski definition) is 5. The van der Waals surface area contributed by atoms with Gasteiger partial charge in [0.2, 0.25) is 0 Å². The molecule has 108 valence electrons. The highest BCUT2D eigenvalue weighted by Gasteiger charge is 2.09. The topological polar surface area (TPSA) is 111 Å². The minimum Gasteiger partial charge on any atom is -0.508 e. The molecule has 6 N–H and O–H groups in total. The van der Waals surface area contributed by atoms with Crippen molar-refractivity contribution in [3.8, 4) is 28.4 Å². The van der Waals surface area contributed by atoms with E-state index in [0.717, 1.165) is 0 Å². The smallest absolute Gasteiger partial charge is 0.184 e. The molecule has 0 spiro atoms. The number of hydrazone groups is 1. The molecule has 0 amide bonds. The van der Waals surface area contributed by atoms with Crippen molar-refractivity contribution >= 4 is 23.5 Å². The van der Waals surface area contributed by atoms with Crippen molar-refractivity contribution in [3.63, 3.8) is 0 Å². The highest BCUT2D eigenvalue weighted by Crippen LogP contribution is 2.34. The standard InChI is InChI=1S/C14H13N3O3S/c15-14(21)17-16-7-9-5-11(13(20)6-12(9)19)8-1-3-10(18)4-2-8/h1-7,18-20H,(H3,15,17,21)/b16-7+. The number of hydrogen-bond acceptors (Lipinski definition) is 5. The molecule has 2 rings (SSSR count). The molecule has 0 atom stereocenters. The lowest BCUT2D eigenvalue weighted by molar-refractivity contribution is 0.451. The first-order valence-corrected chi connectivity index (χ1v) is 6.32. The second-order valence-electron chi connectivity index (χ2n) is 4.21. The van der Waals surface area contributed by atoms with Crippen molar-refractivity contribution in [2.45, 2.75) is 0 Å². The Balaban J connectivity index is 2.40. The molecule has 0 aliphatic rings. The van der Waals surface area contributed by atoms with Crippen LogP contribution in [0.3, 0.4) is 0 Å². The normalized spacial score (nSPS) is 10.7. The molecule has 0 heterocycles. The van der Waals surface area contributed by atoms with Gasteiger partial charge in [0.15, 0.2) is 5.11 Å². The molecule has 6 nitrogen and oxygen atoms in total. The molecule has 21 heavy (non-hydrogen) atoms. The van der Waals surface area contributed by atoms with Gasteiger partial charge in [-0.25, -0.2) is 0 Å². The van der Waals surface area contributed by atoms with E-state index in [-0.39, 0.29) is 22.4 Å². The lowest BCUT2D eigenvalue weighted by Crippen LogP contribution is -2.23. The van der Waals surface area contributed by atoms with Gasteiger partial charge in [0.05, 0.1) is 6.21 Å². The van der Waals surface area contributed by atoms with E-state index in [1.54, 1.807) is 18.2 Å². The maximum atomic E-state index is 9.93. The number of rotatable bonds is 3. The van der Waals surface area contributed by atoms with Crippen molar-refractivity contribution in [3.05, 3.63) is 42.0 Å². The summed E-state index contributed by atoms with van der Waals surface area (Å²) in [6.45, 7) is 0. The van der Waals surface area contributed by atoms with E-state index in [1.165, 1.54) is 24.4 Å². The van der Waals surface area contributed by atoms with E-state index in [9.17, 15) is 15.3 Å². The molecule has 2 aromatic carbocycles. The molecule has 2 aromatic rings. The van der Waals surface area contributed by atoms with E-state index < -0.39 is 0 Å². The molecule has 0 aliphatic carbocycles. The third-order valence-corrected chi connectivity index (χ3v) is 2.79. The van der Waals surface area contributed by atoms with Gasteiger partial charge in [-0.1, -0.05) is 12.1 Å². The number of phenols is 3. The van der Waals surface area contributed by atoms with Crippen LogP contribution in [0, 0.1) is 0 Å². The third-order valence-electron chi connectivity index (χ3n) is 2.70. The Bertz CT molecular complexity index is 699. The molecule has 0 bridgehead atoms. The zero-order valence-electron chi connectivity index (χ0n) is 10.8. The quantitative estimate of drug-likeness (QED) is 0.335. The monoisotopic (exact) mass is 303 g/mol. The first kappa shape index (κ1) is 14.6. The van der Waals surface area contributed by atoms with Gasteiger partial charge < -0.3 is 21.1 Å². The molecular formula is C14H13N3O3S. The molecule has 0 saturated heterocycles. The zero-order valence-corrected chi connectivity index (χ0v) is 11.6. The number of thiocarbonyl (C=S) groups is 1. The van der Waals surface area contributed by atoms with Gasteiger partial charge in [-0.05, 0) is 36.0 Å². The van der Waals surface area contributed by atoms with Gasteiger partial charge in [-0.3, -0.25) is 5.43 Å². The Morgan fingerprint density at radius 1 is 1.10 bits per heavy atom. The summed E-state index contributed by atoms with van der Waals surface area (Å²) in [6, 6.07) is 9.07. The SMILES string of the molecule is NC(=S)N/N=C/c1cc(-c2ccc(O)cc2)c(O)cc1O. The average Bonchev–Trinajstić information content (AvgIpc) is 2.42. The summed E-state index contributed by atoms with van der Waals surface area (Å²) in [5, 5.41) is 32.8. The summed E-state index contributed by atoms with van der Waals surface area (Å²) >= 11 is 4.61. The third kappa shape index (κ3) is 3.61. The van der Waals surface area contributed by atoms with Gasteiger partial charge in [0.25, 0.3) is 0 Å². The van der Waals surface area contributed by atoms with Crippen molar-refractivity contribution < 1.29 is 15.3 Å². The van der Waals surface area contributed by atoms with Gasteiger partial charge in [-0.2, -0.15) is 5.10 Å². The van der Waals surface area contributed by atoms with Crippen LogP contribution in [0.25, 0.3) is 11.1 Å². The number of phenolic OH excluding ortho intramolecular Hbond substituents is 3. The molecular weight excluding hydrogens is 290 g/mol. The summed E-state index contributed by atoms with van der Waals surface area (Å²) in [5.74, 6) is -0.0966. The molecule has 0 radical (unpaired) electrons. The number of aromatic hydroxyl groups is 3. The van der Waals surface area contributed by atoms with Crippen LogP contribution in [-0.2, 0) is 0 Å². The molecule has 0 aromatic heterocycles. The lowest BCUT2D eigenvalue weighted by atomic mass is 10.0. The van der Waals surface area contributed by atoms with Crippen LogP contribution in [0.2, 0.25) is 0 Å². The van der Waals surface area contributed by atoms with E-state index in [2.05, 4.69) is 22.7 Å². The van der Waals surface area contributed by atoms with E-state index in [4.69, 9.17) is 5.73 Å². The van der Waals surface area contributed by atoms with Crippen molar-refractivity contribution in [1.29, 1.82) is 0 Å². The fourth-order valence-corrected chi connectivity index (χ4v) is 1.79. The Morgan fingerprint density at radius 3 is 2.38 bits per heavy atom. The average molecular weight is 303 g/mol. The van der Waals surface area contributed by atoms with Crippen LogP contribution in [0.4, 0.5) is 0 Å². The first-order valence-electron chi connectivity index (χ1n) is 5.91. The summed E-state index contributed by atoms with van der Waals surface area (Å²) in [7, 11) is 0. The Morgan fingerprint density at radius 2 is 1.76 bits per heavy atom. The molecule has 0 saturated carbocycles. The number of benzene rings is 2. The van der Waals surface area contributed by atoms with Gasteiger partial charge in [-0.15, -0.1) is 0 Å². The van der Waals surface area contributed by atoms with Crippen molar-refractivity contribution in [1.82, 2.24) is 5.43 Å². The summed E-state index contributed by atoms with van der Waals surface area (Å²) < 4.78 is 0. The minimum atomic E-state index is -0.136. The van der Waals surface area contributed by atoms with Crippen LogP contribution in [-0.4, -0.2) is 26.6 Å². The highest BCUT2D eigenvalue weighted by molar-refractivity contribution is 7.80. The fraction of sp³-hybridized carbons (Fsp3) is 0. The van der Waals surface area contributed by atoms with Crippen LogP contribution < -0.4 is 11.2 Å². The summed E-state index contributed by atoms with van der Waals surface area (Å²) in [4.78, 5) is 0. The number of nitrogens with zero attached hydrogens (tertiary/aromatic N) is 1. The predicted octanol–water partition coefficient (Wildman–Crippen LogP) is 1.64. The highest BCUT2D eigenvalue weighted by atomic mass is 32.1. The second kappa shape index (κ2) is 6.10. The van der Waals surface area contributed by atoms with Gasteiger partial charge in [0.1, 0.15) is 17.2 Å². The number of nitrogens with one attached hydrogen (secondary N) is 1. The van der Waals surface area contributed by atoms with Crippen LogP contribution in [0.15, 0.2) is 41.5 Å². The molecule has 7 heteroatoms. The van der Waals surface area contributed by atoms with Crippen LogP contribution in [0.1, 0.15) is 5.56 Å². The predicted molar refractivity (Wildman–Crippen MR) is 84.4 cm³/mol. The van der Waals surface area contributed by atoms with Gasteiger partial charge >= 0.3 is 0 Å².